The van der Waals surface area contributed by atoms with Crippen molar-refractivity contribution in [2.45, 2.75) is 20.0 Å². The quantitative estimate of drug-likeness (QED) is 0.178. The van der Waals surface area contributed by atoms with E-state index < -0.39 is 0 Å². The van der Waals surface area contributed by atoms with Gasteiger partial charge in [0.1, 0.15) is 11.3 Å². The summed E-state index contributed by atoms with van der Waals surface area (Å²) in [5, 5.41) is 5.76. The van der Waals surface area contributed by atoms with Gasteiger partial charge in [0.2, 0.25) is 5.82 Å². The molecular formula is C28H23Br2N3O5. The molecule has 10 heteroatoms. The van der Waals surface area contributed by atoms with Crippen LogP contribution in [0.5, 0.6) is 17.2 Å². The van der Waals surface area contributed by atoms with Gasteiger partial charge in [0.05, 0.1) is 47.3 Å². The highest BCUT2D eigenvalue weighted by molar-refractivity contribution is 9.13. The number of para-hydroxylation sites is 1. The van der Waals surface area contributed by atoms with E-state index in [4.69, 9.17) is 23.6 Å². The monoisotopic (exact) mass is 639 g/mol. The summed E-state index contributed by atoms with van der Waals surface area (Å²) in [5.74, 6) is 2.37. The van der Waals surface area contributed by atoms with Crippen LogP contribution in [0.2, 0.25) is 0 Å². The second-order valence-corrected chi connectivity index (χ2v) is 10.2. The van der Waals surface area contributed by atoms with E-state index in [-0.39, 0.29) is 17.5 Å². The molecule has 3 aromatic carbocycles. The fourth-order valence-corrected chi connectivity index (χ4v) is 4.94. The van der Waals surface area contributed by atoms with E-state index in [2.05, 4.69) is 37.0 Å². The maximum Gasteiger partial charge on any atom is 0.282 e. The maximum atomic E-state index is 13.6. The number of nitrogens with zero attached hydrogens (tertiary/aromatic N) is 3. The number of benzene rings is 3. The predicted octanol–water partition coefficient (Wildman–Crippen LogP) is 7.02. The standard InChI is InChI=1S/C28H23Br2N3O5/c1-15(2)37-26-22(36-4)12-16(24(29)25(26)30)14-31-33-27(32-19-9-6-5-8-17(19)28(33)34)23-13-18-20(35-3)10-7-11-21(18)38-23/h5-15H,1-4H3. The molecule has 5 rings (SSSR count). The SMILES string of the molecule is COc1cc(C=Nn2c(-c3cc4c(OC)cccc4o3)nc3ccccc3c2=O)c(Br)c(Br)c1OC(C)C. The van der Waals surface area contributed by atoms with Crippen LogP contribution < -0.4 is 19.8 Å². The smallest absolute Gasteiger partial charge is 0.282 e. The summed E-state index contributed by atoms with van der Waals surface area (Å²) in [4.78, 5) is 18.3. The maximum absolute atomic E-state index is 13.6. The molecule has 0 saturated heterocycles. The molecule has 0 atom stereocenters. The molecule has 0 aliphatic rings. The molecule has 2 heterocycles. The summed E-state index contributed by atoms with van der Waals surface area (Å²) < 4.78 is 25.6. The Morgan fingerprint density at radius 3 is 2.47 bits per heavy atom. The number of hydrogen-bond donors (Lipinski definition) is 0. The minimum atomic E-state index is -0.337. The lowest BCUT2D eigenvalue weighted by molar-refractivity contribution is 0.228. The molecule has 38 heavy (non-hydrogen) atoms. The van der Waals surface area contributed by atoms with Gasteiger partial charge < -0.3 is 18.6 Å². The first-order chi connectivity index (χ1) is 18.3. The average Bonchev–Trinajstić information content (AvgIpc) is 3.36. The third-order valence-electron chi connectivity index (χ3n) is 5.76. The first-order valence-corrected chi connectivity index (χ1v) is 13.3. The van der Waals surface area contributed by atoms with E-state index in [9.17, 15) is 4.79 Å². The van der Waals surface area contributed by atoms with Gasteiger partial charge in [-0.25, -0.2) is 4.98 Å². The molecule has 0 radical (unpaired) electrons. The van der Waals surface area contributed by atoms with Crippen LogP contribution in [0.25, 0.3) is 33.5 Å². The van der Waals surface area contributed by atoms with Crippen molar-refractivity contribution in [1.82, 2.24) is 9.66 Å². The number of furan rings is 1. The van der Waals surface area contributed by atoms with Crippen LogP contribution in [-0.4, -0.2) is 36.2 Å². The molecule has 0 unspecified atom stereocenters. The molecule has 0 aliphatic carbocycles. The number of aromatic nitrogens is 2. The van der Waals surface area contributed by atoms with Crippen LogP contribution in [0.15, 0.2) is 77.9 Å². The Morgan fingerprint density at radius 2 is 1.74 bits per heavy atom. The third kappa shape index (κ3) is 4.69. The van der Waals surface area contributed by atoms with Crippen molar-refractivity contribution in [1.29, 1.82) is 0 Å². The molecule has 0 spiro atoms. The van der Waals surface area contributed by atoms with Crippen molar-refractivity contribution >= 4 is 59.9 Å². The van der Waals surface area contributed by atoms with Gasteiger partial charge in [-0.1, -0.05) is 18.2 Å². The van der Waals surface area contributed by atoms with Crippen molar-refractivity contribution in [2.75, 3.05) is 14.2 Å². The number of rotatable bonds is 7. The summed E-state index contributed by atoms with van der Waals surface area (Å²) in [6.07, 6.45) is 1.50. The van der Waals surface area contributed by atoms with Crippen molar-refractivity contribution in [3.8, 4) is 28.8 Å². The Kier molecular flexibility index (Phi) is 7.27. The number of fused-ring (bicyclic) bond motifs is 2. The van der Waals surface area contributed by atoms with Crippen LogP contribution in [0.4, 0.5) is 0 Å². The van der Waals surface area contributed by atoms with Gasteiger partial charge in [-0.15, -0.1) is 0 Å². The van der Waals surface area contributed by atoms with E-state index in [1.54, 1.807) is 50.8 Å². The summed E-state index contributed by atoms with van der Waals surface area (Å²) in [6, 6.07) is 16.2. The largest absolute Gasteiger partial charge is 0.496 e. The second-order valence-electron chi connectivity index (χ2n) is 8.59. The van der Waals surface area contributed by atoms with Crippen LogP contribution in [0.1, 0.15) is 19.4 Å². The Morgan fingerprint density at radius 1 is 0.974 bits per heavy atom. The van der Waals surface area contributed by atoms with Crippen LogP contribution in [-0.2, 0) is 0 Å². The minimum Gasteiger partial charge on any atom is -0.496 e. The fourth-order valence-electron chi connectivity index (χ4n) is 4.03. The topological polar surface area (TPSA) is 88.1 Å². The van der Waals surface area contributed by atoms with E-state index in [0.29, 0.717) is 54.0 Å². The number of halogens is 2. The highest BCUT2D eigenvalue weighted by Gasteiger charge is 2.20. The zero-order valence-corrected chi connectivity index (χ0v) is 24.2. The molecule has 2 aromatic heterocycles. The number of methoxy groups -OCH3 is 2. The van der Waals surface area contributed by atoms with Crippen LogP contribution in [0, 0.1) is 0 Å². The molecule has 194 valence electrons. The zero-order valence-electron chi connectivity index (χ0n) is 21.0. The number of hydrogen-bond acceptors (Lipinski definition) is 7. The predicted molar refractivity (Wildman–Crippen MR) is 155 cm³/mol. The molecular weight excluding hydrogens is 618 g/mol. The van der Waals surface area contributed by atoms with Crippen molar-refractivity contribution < 1.29 is 18.6 Å². The Labute approximate surface area is 235 Å². The van der Waals surface area contributed by atoms with E-state index >= 15 is 0 Å². The third-order valence-corrected chi connectivity index (χ3v) is 7.90. The van der Waals surface area contributed by atoms with E-state index in [0.717, 1.165) is 5.39 Å². The zero-order chi connectivity index (χ0) is 27.0. The first-order valence-electron chi connectivity index (χ1n) is 11.7. The highest BCUT2D eigenvalue weighted by atomic mass is 79.9. The Bertz CT molecular complexity index is 1760. The van der Waals surface area contributed by atoms with Crippen LogP contribution >= 0.6 is 31.9 Å². The van der Waals surface area contributed by atoms with Crippen molar-refractivity contribution in [3.05, 3.63) is 79.5 Å². The lowest BCUT2D eigenvalue weighted by Gasteiger charge is -2.17. The average molecular weight is 641 g/mol. The van der Waals surface area contributed by atoms with Gasteiger partial charge in [0.15, 0.2) is 17.3 Å². The van der Waals surface area contributed by atoms with E-state index in [1.807, 2.05) is 38.1 Å². The second kappa shape index (κ2) is 10.6. The fraction of sp³-hybridized carbons (Fsp3) is 0.179. The summed E-state index contributed by atoms with van der Waals surface area (Å²) in [6.45, 7) is 3.87. The minimum absolute atomic E-state index is 0.0566. The Hall–Kier alpha value is -3.63. The Balaban J connectivity index is 1.70. The lowest BCUT2D eigenvalue weighted by atomic mass is 10.2. The molecule has 8 nitrogen and oxygen atoms in total. The normalized spacial score (nSPS) is 11.7. The summed E-state index contributed by atoms with van der Waals surface area (Å²) >= 11 is 7.20. The molecule has 0 N–H and O–H groups in total. The molecule has 0 aliphatic heterocycles. The number of ether oxygens (including phenoxy) is 3. The van der Waals surface area contributed by atoms with Crippen LogP contribution in [0.3, 0.4) is 0 Å². The van der Waals surface area contributed by atoms with Gasteiger partial charge in [-0.3, -0.25) is 4.79 Å². The summed E-state index contributed by atoms with van der Waals surface area (Å²) in [7, 11) is 3.16. The molecule has 0 bridgehead atoms. The van der Waals surface area contributed by atoms with Crippen molar-refractivity contribution in [2.24, 2.45) is 5.10 Å². The molecule has 0 fully saturated rings. The van der Waals surface area contributed by atoms with Gasteiger partial charge in [-0.2, -0.15) is 9.78 Å². The van der Waals surface area contributed by atoms with E-state index in [1.165, 1.54) is 4.68 Å². The molecule has 0 amide bonds. The van der Waals surface area contributed by atoms with Gasteiger partial charge in [0, 0.05) is 10.0 Å². The summed E-state index contributed by atoms with van der Waals surface area (Å²) in [5.41, 5.74) is 1.46. The lowest BCUT2D eigenvalue weighted by Crippen LogP contribution is -2.20. The van der Waals surface area contributed by atoms with Gasteiger partial charge in [-0.05, 0) is 82.1 Å². The molecule has 0 saturated carbocycles. The highest BCUT2D eigenvalue weighted by Crippen LogP contribution is 2.43. The van der Waals surface area contributed by atoms with Crippen molar-refractivity contribution in [3.63, 3.8) is 0 Å². The molecule has 5 aromatic rings. The van der Waals surface area contributed by atoms with Gasteiger partial charge in [0.25, 0.3) is 5.56 Å². The van der Waals surface area contributed by atoms with Gasteiger partial charge >= 0.3 is 0 Å². The first kappa shape index (κ1) is 26.0.